The lowest BCUT2D eigenvalue weighted by molar-refractivity contribution is 0.340. The number of hydrogen-bond acceptors (Lipinski definition) is 5. The second-order valence-electron chi connectivity index (χ2n) is 7.01. The second-order valence-corrected chi connectivity index (χ2v) is 7.95. The maximum absolute atomic E-state index is 5.60. The van der Waals surface area contributed by atoms with E-state index in [2.05, 4.69) is 51.8 Å². The smallest absolute Gasteiger partial charge is 0.196 e. The molecule has 0 aliphatic rings. The van der Waals surface area contributed by atoms with Crippen LogP contribution in [-0.4, -0.2) is 26.4 Å². The number of benzene rings is 2. The van der Waals surface area contributed by atoms with Gasteiger partial charge < -0.3 is 4.74 Å². The summed E-state index contributed by atoms with van der Waals surface area (Å²) in [5.74, 6) is 2.47. The van der Waals surface area contributed by atoms with Crippen LogP contribution >= 0.6 is 11.8 Å². The molecule has 0 saturated carbocycles. The largest absolute Gasteiger partial charge is 0.494 e. The average Bonchev–Trinajstić information content (AvgIpc) is 3.20. The van der Waals surface area contributed by atoms with Crippen molar-refractivity contribution in [1.29, 1.82) is 0 Å². The van der Waals surface area contributed by atoms with Crippen molar-refractivity contribution >= 4 is 11.8 Å². The maximum Gasteiger partial charge on any atom is 0.196 e. The van der Waals surface area contributed by atoms with Gasteiger partial charge in [-0.2, -0.15) is 0 Å². The quantitative estimate of drug-likeness (QED) is 0.365. The van der Waals surface area contributed by atoms with E-state index in [0.29, 0.717) is 6.61 Å². The highest BCUT2D eigenvalue weighted by Gasteiger charge is 2.16. The molecule has 30 heavy (non-hydrogen) atoms. The van der Waals surface area contributed by atoms with Crippen LogP contribution in [0.15, 0.2) is 72.1 Å². The fraction of sp³-hybridized carbons (Fsp3) is 0.208. The van der Waals surface area contributed by atoms with Crippen molar-refractivity contribution in [2.75, 3.05) is 6.61 Å². The van der Waals surface area contributed by atoms with Gasteiger partial charge >= 0.3 is 0 Å². The fourth-order valence-corrected chi connectivity index (χ4v) is 4.08. The minimum absolute atomic E-state index is 0.644. The van der Waals surface area contributed by atoms with Crippen molar-refractivity contribution in [3.05, 3.63) is 83.7 Å². The Morgan fingerprint density at radius 3 is 2.37 bits per heavy atom. The molecule has 0 aliphatic heterocycles. The number of hydrogen-bond donors (Lipinski definition) is 0. The van der Waals surface area contributed by atoms with Crippen LogP contribution in [0.4, 0.5) is 0 Å². The Bertz CT molecular complexity index is 1120. The molecule has 6 heteroatoms. The van der Waals surface area contributed by atoms with Crippen molar-refractivity contribution in [2.24, 2.45) is 0 Å². The van der Waals surface area contributed by atoms with Gasteiger partial charge in [0.25, 0.3) is 0 Å². The molecule has 2 heterocycles. The van der Waals surface area contributed by atoms with E-state index in [1.54, 1.807) is 24.2 Å². The van der Waals surface area contributed by atoms with E-state index in [9.17, 15) is 0 Å². The molecule has 0 spiro atoms. The first kappa shape index (κ1) is 20.2. The van der Waals surface area contributed by atoms with Gasteiger partial charge in [0, 0.05) is 29.4 Å². The molecule has 4 rings (SSSR count). The molecule has 2 aromatic carbocycles. The third kappa shape index (κ3) is 4.39. The molecule has 0 atom stereocenters. The highest BCUT2D eigenvalue weighted by molar-refractivity contribution is 7.98. The molecule has 0 saturated heterocycles. The Kier molecular flexibility index (Phi) is 6.14. The van der Waals surface area contributed by atoms with Gasteiger partial charge in [-0.3, -0.25) is 9.55 Å². The summed E-state index contributed by atoms with van der Waals surface area (Å²) >= 11 is 1.68. The molecule has 0 amide bonds. The number of ether oxygens (including phenoxy) is 1. The highest BCUT2D eigenvalue weighted by Crippen LogP contribution is 2.30. The first-order chi connectivity index (χ1) is 14.7. The van der Waals surface area contributed by atoms with Gasteiger partial charge in [-0.05, 0) is 73.9 Å². The van der Waals surface area contributed by atoms with E-state index in [1.165, 1.54) is 16.7 Å². The van der Waals surface area contributed by atoms with E-state index < -0.39 is 0 Å². The summed E-state index contributed by atoms with van der Waals surface area (Å²) in [6.45, 7) is 6.91. The Labute approximate surface area is 181 Å². The zero-order valence-electron chi connectivity index (χ0n) is 17.4. The molecule has 0 fully saturated rings. The lowest BCUT2D eigenvalue weighted by Crippen LogP contribution is -2.00. The Morgan fingerprint density at radius 1 is 0.900 bits per heavy atom. The van der Waals surface area contributed by atoms with Crippen LogP contribution in [0.1, 0.15) is 23.6 Å². The minimum Gasteiger partial charge on any atom is -0.494 e. The van der Waals surface area contributed by atoms with Crippen molar-refractivity contribution in [3.63, 3.8) is 0 Å². The molecule has 0 aliphatic carbocycles. The van der Waals surface area contributed by atoms with E-state index in [0.717, 1.165) is 33.7 Å². The van der Waals surface area contributed by atoms with Crippen molar-refractivity contribution in [2.45, 2.75) is 31.7 Å². The van der Waals surface area contributed by atoms with Gasteiger partial charge in [0.2, 0.25) is 0 Å². The van der Waals surface area contributed by atoms with Crippen LogP contribution in [0.25, 0.3) is 17.1 Å². The molecule has 0 bridgehead atoms. The van der Waals surface area contributed by atoms with E-state index in [1.807, 2.05) is 43.3 Å². The number of pyridine rings is 1. The average molecular weight is 417 g/mol. The molecule has 0 radical (unpaired) electrons. The van der Waals surface area contributed by atoms with Gasteiger partial charge in [-0.1, -0.05) is 30.0 Å². The number of rotatable bonds is 7. The third-order valence-corrected chi connectivity index (χ3v) is 5.92. The predicted octanol–water partition coefficient (Wildman–Crippen LogP) is 5.64. The minimum atomic E-state index is 0.644. The Hall–Kier alpha value is -3.12. The first-order valence-corrected chi connectivity index (χ1v) is 10.9. The van der Waals surface area contributed by atoms with E-state index in [4.69, 9.17) is 4.74 Å². The third-order valence-electron chi connectivity index (χ3n) is 4.92. The fourth-order valence-electron chi connectivity index (χ4n) is 3.18. The zero-order valence-corrected chi connectivity index (χ0v) is 18.2. The summed E-state index contributed by atoms with van der Waals surface area (Å²) in [4.78, 5) is 4.12. The second kappa shape index (κ2) is 9.13. The van der Waals surface area contributed by atoms with Crippen molar-refractivity contribution in [1.82, 2.24) is 19.7 Å². The summed E-state index contributed by atoms with van der Waals surface area (Å²) in [6.07, 6.45) is 3.54. The van der Waals surface area contributed by atoms with Gasteiger partial charge in [0.05, 0.1) is 6.61 Å². The van der Waals surface area contributed by atoms with Crippen LogP contribution in [0.3, 0.4) is 0 Å². The number of nitrogens with zero attached hydrogens (tertiary/aromatic N) is 4. The monoisotopic (exact) mass is 416 g/mol. The molecule has 4 aromatic rings. The van der Waals surface area contributed by atoms with Crippen LogP contribution in [0, 0.1) is 13.8 Å². The number of aromatic nitrogens is 4. The predicted molar refractivity (Wildman–Crippen MR) is 121 cm³/mol. The van der Waals surface area contributed by atoms with Crippen LogP contribution in [0.5, 0.6) is 5.75 Å². The highest BCUT2D eigenvalue weighted by atomic mass is 32.2. The van der Waals surface area contributed by atoms with Crippen molar-refractivity contribution in [3.8, 4) is 22.8 Å². The standard InChI is InChI=1S/C24H24N4OS/c1-4-29-22-9-7-21(8-10-22)28-23(20-11-13-25-14-12-20)26-27-24(28)30-16-19-6-5-17(2)18(3)15-19/h5-15H,4,16H2,1-3H3. The Morgan fingerprint density at radius 2 is 1.67 bits per heavy atom. The Balaban J connectivity index is 1.69. The van der Waals surface area contributed by atoms with Gasteiger partial charge in [-0.15, -0.1) is 10.2 Å². The summed E-state index contributed by atoms with van der Waals surface area (Å²) in [7, 11) is 0. The molecule has 5 nitrogen and oxygen atoms in total. The number of thioether (sulfide) groups is 1. The normalized spacial score (nSPS) is 10.9. The summed E-state index contributed by atoms with van der Waals surface area (Å²) in [5, 5.41) is 9.86. The molecule has 152 valence electrons. The summed E-state index contributed by atoms with van der Waals surface area (Å²) < 4.78 is 7.69. The lowest BCUT2D eigenvalue weighted by atomic mass is 10.1. The summed E-state index contributed by atoms with van der Waals surface area (Å²) in [5.41, 5.74) is 5.86. The van der Waals surface area contributed by atoms with Gasteiger partial charge in [0.1, 0.15) is 5.75 Å². The molecular formula is C24H24N4OS. The molecule has 2 aromatic heterocycles. The maximum atomic E-state index is 5.60. The molecule has 0 unspecified atom stereocenters. The van der Waals surface area contributed by atoms with Gasteiger partial charge in [0.15, 0.2) is 11.0 Å². The first-order valence-electron chi connectivity index (χ1n) is 9.93. The van der Waals surface area contributed by atoms with Crippen LogP contribution < -0.4 is 4.74 Å². The van der Waals surface area contributed by atoms with Crippen LogP contribution in [0.2, 0.25) is 0 Å². The lowest BCUT2D eigenvalue weighted by Gasteiger charge is -2.12. The van der Waals surface area contributed by atoms with Crippen LogP contribution in [-0.2, 0) is 5.75 Å². The SMILES string of the molecule is CCOc1ccc(-n2c(SCc3ccc(C)c(C)c3)nnc2-c2ccncc2)cc1. The van der Waals surface area contributed by atoms with Gasteiger partial charge in [-0.25, -0.2) is 0 Å². The zero-order chi connectivity index (χ0) is 20.9. The summed E-state index contributed by atoms with van der Waals surface area (Å²) in [6, 6.07) is 18.5. The number of aryl methyl sites for hydroxylation is 2. The molecular weight excluding hydrogens is 392 g/mol. The van der Waals surface area contributed by atoms with Crippen molar-refractivity contribution < 1.29 is 4.74 Å². The molecule has 0 N–H and O–H groups in total. The van der Waals surface area contributed by atoms with E-state index in [-0.39, 0.29) is 0 Å². The van der Waals surface area contributed by atoms with E-state index >= 15 is 0 Å². The topological polar surface area (TPSA) is 52.8 Å².